The lowest BCUT2D eigenvalue weighted by atomic mass is 10.0. The van der Waals surface area contributed by atoms with Gasteiger partial charge in [0.1, 0.15) is 5.75 Å². The predicted octanol–water partition coefficient (Wildman–Crippen LogP) is 2.41. The van der Waals surface area contributed by atoms with E-state index < -0.39 is 18.0 Å². The average Bonchev–Trinajstić information content (AvgIpc) is 2.45. The lowest BCUT2D eigenvalue weighted by molar-refractivity contribution is -0.274. The van der Waals surface area contributed by atoms with Crippen molar-refractivity contribution in [2.75, 3.05) is 20.1 Å². The Morgan fingerprint density at radius 3 is 2.76 bits per heavy atom. The van der Waals surface area contributed by atoms with Crippen molar-refractivity contribution in [1.82, 2.24) is 10.2 Å². The first-order valence-electron chi connectivity index (χ1n) is 6.72. The van der Waals surface area contributed by atoms with Crippen LogP contribution in [0.1, 0.15) is 23.2 Å². The third kappa shape index (κ3) is 4.10. The molecule has 4 nitrogen and oxygen atoms in total. The van der Waals surface area contributed by atoms with Crippen LogP contribution in [-0.2, 0) is 0 Å². The zero-order valence-corrected chi connectivity index (χ0v) is 11.6. The Balaban J connectivity index is 2.19. The summed E-state index contributed by atoms with van der Waals surface area (Å²) >= 11 is 0. The van der Waals surface area contributed by atoms with E-state index in [0.717, 1.165) is 18.9 Å². The van der Waals surface area contributed by atoms with Crippen LogP contribution in [0.2, 0.25) is 0 Å². The zero-order valence-electron chi connectivity index (χ0n) is 11.6. The van der Waals surface area contributed by atoms with E-state index in [1.165, 1.54) is 18.2 Å². The topological polar surface area (TPSA) is 41.6 Å². The second-order valence-corrected chi connectivity index (χ2v) is 4.92. The number of amides is 1. The normalized spacial score (nSPS) is 19.4. The number of carbonyl (C=O) groups is 1. The predicted molar refractivity (Wildman–Crippen MR) is 71.1 cm³/mol. The number of ether oxygens (including phenoxy) is 1. The van der Waals surface area contributed by atoms with Crippen molar-refractivity contribution < 1.29 is 22.7 Å². The lowest BCUT2D eigenvalue weighted by Gasteiger charge is -2.33. The van der Waals surface area contributed by atoms with Crippen LogP contribution in [0.25, 0.3) is 0 Å². The van der Waals surface area contributed by atoms with Gasteiger partial charge >= 0.3 is 6.36 Å². The van der Waals surface area contributed by atoms with Crippen molar-refractivity contribution >= 4 is 5.91 Å². The van der Waals surface area contributed by atoms with Crippen LogP contribution < -0.4 is 10.1 Å². The smallest absolute Gasteiger partial charge is 0.405 e. The number of nitrogens with zero attached hydrogens (tertiary/aromatic N) is 1. The summed E-state index contributed by atoms with van der Waals surface area (Å²) in [7, 11) is 1.80. The van der Waals surface area contributed by atoms with Gasteiger partial charge in [-0.3, -0.25) is 4.79 Å². The highest BCUT2D eigenvalue weighted by Crippen LogP contribution is 2.27. The minimum atomic E-state index is -4.81. The highest BCUT2D eigenvalue weighted by molar-refractivity contribution is 5.97. The fraction of sp³-hybridized carbons (Fsp3) is 0.500. The minimum Gasteiger partial charge on any atom is -0.405 e. The van der Waals surface area contributed by atoms with Crippen molar-refractivity contribution in [2.24, 2.45) is 0 Å². The van der Waals surface area contributed by atoms with Gasteiger partial charge in [0.2, 0.25) is 0 Å². The SMILES string of the molecule is CNC1CCCN(C(=O)c2ccccc2OC(F)(F)F)C1. The summed E-state index contributed by atoms with van der Waals surface area (Å²) in [5, 5.41) is 3.09. The molecule has 1 unspecified atom stereocenters. The number of likely N-dealkylation sites (tertiary alicyclic amines) is 1. The van der Waals surface area contributed by atoms with E-state index in [-0.39, 0.29) is 11.6 Å². The van der Waals surface area contributed by atoms with Gasteiger partial charge in [-0.05, 0) is 32.0 Å². The fourth-order valence-electron chi connectivity index (χ4n) is 2.42. The number of hydrogen-bond acceptors (Lipinski definition) is 3. The molecule has 1 atom stereocenters. The standard InChI is InChI=1S/C14H17F3N2O2/c1-18-10-5-4-8-19(9-10)13(20)11-6-2-3-7-12(11)21-14(15,16)17/h2-3,6-7,10,18H,4-5,8-9H2,1H3. The molecule has 0 bridgehead atoms. The molecule has 1 N–H and O–H groups in total. The number of rotatable bonds is 3. The van der Waals surface area contributed by atoms with Gasteiger partial charge in [-0.25, -0.2) is 0 Å². The van der Waals surface area contributed by atoms with Gasteiger partial charge in [-0.2, -0.15) is 0 Å². The number of para-hydroxylation sites is 1. The monoisotopic (exact) mass is 302 g/mol. The molecule has 1 saturated heterocycles. The van der Waals surface area contributed by atoms with Crippen molar-refractivity contribution in [2.45, 2.75) is 25.2 Å². The molecule has 0 aromatic heterocycles. The second-order valence-electron chi connectivity index (χ2n) is 4.92. The summed E-state index contributed by atoms with van der Waals surface area (Å²) in [6, 6.07) is 5.60. The molecule has 7 heteroatoms. The van der Waals surface area contributed by atoms with Crippen LogP contribution >= 0.6 is 0 Å². The van der Waals surface area contributed by atoms with Crippen molar-refractivity contribution in [1.29, 1.82) is 0 Å². The number of hydrogen-bond donors (Lipinski definition) is 1. The Labute approximate surface area is 120 Å². The largest absolute Gasteiger partial charge is 0.573 e. The maximum Gasteiger partial charge on any atom is 0.573 e. The number of piperidine rings is 1. The summed E-state index contributed by atoms with van der Waals surface area (Å²) in [5.74, 6) is -0.892. The van der Waals surface area contributed by atoms with Gasteiger partial charge in [0.25, 0.3) is 5.91 Å². The Morgan fingerprint density at radius 2 is 2.10 bits per heavy atom. The summed E-state index contributed by atoms with van der Waals surface area (Å²) in [6.07, 6.45) is -3.05. The quantitative estimate of drug-likeness (QED) is 0.932. The summed E-state index contributed by atoms with van der Waals surface area (Å²) in [5.41, 5.74) is -0.0634. The van der Waals surface area contributed by atoms with E-state index >= 15 is 0 Å². The number of nitrogens with one attached hydrogen (secondary N) is 1. The number of carbonyl (C=O) groups excluding carboxylic acids is 1. The van der Waals surface area contributed by atoms with Crippen LogP contribution in [0.3, 0.4) is 0 Å². The van der Waals surface area contributed by atoms with Crippen LogP contribution in [0.4, 0.5) is 13.2 Å². The van der Waals surface area contributed by atoms with E-state index in [1.807, 2.05) is 0 Å². The molecule has 1 heterocycles. The Bertz CT molecular complexity index is 505. The maximum absolute atomic E-state index is 12.4. The zero-order chi connectivity index (χ0) is 15.5. The highest BCUT2D eigenvalue weighted by atomic mass is 19.4. The molecule has 116 valence electrons. The Hall–Kier alpha value is -1.76. The molecule has 1 aliphatic heterocycles. The lowest BCUT2D eigenvalue weighted by Crippen LogP contribution is -2.47. The first-order valence-corrected chi connectivity index (χ1v) is 6.72. The van der Waals surface area contributed by atoms with Crippen molar-refractivity contribution in [3.63, 3.8) is 0 Å². The molecule has 1 aromatic carbocycles. The van der Waals surface area contributed by atoms with Gasteiger partial charge < -0.3 is 15.0 Å². The van der Waals surface area contributed by atoms with Gasteiger partial charge in [-0.1, -0.05) is 12.1 Å². The van der Waals surface area contributed by atoms with Crippen LogP contribution in [-0.4, -0.2) is 43.3 Å². The van der Waals surface area contributed by atoms with Gasteiger partial charge in [-0.15, -0.1) is 13.2 Å². The summed E-state index contributed by atoms with van der Waals surface area (Å²) in [4.78, 5) is 14.0. The number of likely N-dealkylation sites (N-methyl/N-ethyl adjacent to an activating group) is 1. The van der Waals surface area contributed by atoms with Gasteiger partial charge in [0.05, 0.1) is 5.56 Å². The van der Waals surface area contributed by atoms with E-state index in [1.54, 1.807) is 11.9 Å². The minimum absolute atomic E-state index is 0.0634. The van der Waals surface area contributed by atoms with Gasteiger partial charge in [0.15, 0.2) is 0 Å². The fourth-order valence-corrected chi connectivity index (χ4v) is 2.42. The molecular weight excluding hydrogens is 285 g/mol. The first-order chi connectivity index (χ1) is 9.90. The molecular formula is C14H17F3N2O2. The summed E-state index contributed by atoms with van der Waals surface area (Å²) in [6.45, 7) is 1.02. The number of alkyl halides is 3. The molecule has 1 aromatic rings. The van der Waals surface area contributed by atoms with Crippen LogP contribution in [0.5, 0.6) is 5.75 Å². The van der Waals surface area contributed by atoms with E-state index in [9.17, 15) is 18.0 Å². The van der Waals surface area contributed by atoms with Crippen LogP contribution in [0.15, 0.2) is 24.3 Å². The molecule has 1 fully saturated rings. The molecule has 1 aliphatic rings. The first kappa shape index (κ1) is 15.6. The summed E-state index contributed by atoms with van der Waals surface area (Å²) < 4.78 is 41.1. The van der Waals surface area contributed by atoms with E-state index in [0.29, 0.717) is 13.1 Å². The molecule has 21 heavy (non-hydrogen) atoms. The number of halogens is 3. The molecule has 0 aliphatic carbocycles. The second kappa shape index (κ2) is 6.34. The number of benzene rings is 1. The third-order valence-electron chi connectivity index (χ3n) is 3.46. The van der Waals surface area contributed by atoms with E-state index in [2.05, 4.69) is 10.1 Å². The van der Waals surface area contributed by atoms with Crippen LogP contribution in [0, 0.1) is 0 Å². The van der Waals surface area contributed by atoms with Crippen molar-refractivity contribution in [3.8, 4) is 5.75 Å². The highest BCUT2D eigenvalue weighted by Gasteiger charge is 2.34. The third-order valence-corrected chi connectivity index (χ3v) is 3.46. The maximum atomic E-state index is 12.4. The van der Waals surface area contributed by atoms with E-state index in [4.69, 9.17) is 0 Å². The average molecular weight is 302 g/mol. The molecule has 0 saturated carbocycles. The Morgan fingerprint density at radius 1 is 1.38 bits per heavy atom. The molecule has 0 spiro atoms. The molecule has 1 amide bonds. The van der Waals surface area contributed by atoms with Crippen molar-refractivity contribution in [3.05, 3.63) is 29.8 Å². The van der Waals surface area contributed by atoms with Gasteiger partial charge in [0, 0.05) is 19.1 Å². The molecule has 2 rings (SSSR count). The molecule has 0 radical (unpaired) electrons. The Kier molecular flexibility index (Phi) is 4.72.